The van der Waals surface area contributed by atoms with Crippen molar-refractivity contribution in [2.45, 2.75) is 25.9 Å². The molecule has 3 heterocycles. The summed E-state index contributed by atoms with van der Waals surface area (Å²) < 4.78 is 9.04. The van der Waals surface area contributed by atoms with Crippen molar-refractivity contribution >= 4 is 28.9 Å². The number of ketones is 1. The number of carbonyl (C=O) groups excluding carboxylic acids is 1. The van der Waals surface area contributed by atoms with Crippen LogP contribution in [0.3, 0.4) is 0 Å². The average molecular weight is 441 g/mol. The molecular weight excluding hydrogens is 420 g/mol. The molecule has 4 aromatic rings. The van der Waals surface area contributed by atoms with Crippen molar-refractivity contribution in [1.82, 2.24) is 29.8 Å². The maximum atomic E-state index is 13.0. The van der Waals surface area contributed by atoms with Crippen LogP contribution in [0.2, 0.25) is 0 Å². The van der Waals surface area contributed by atoms with Crippen LogP contribution in [0.5, 0.6) is 5.75 Å². The van der Waals surface area contributed by atoms with Crippen molar-refractivity contribution in [2.24, 2.45) is 0 Å². The van der Waals surface area contributed by atoms with Gasteiger partial charge in [0.1, 0.15) is 11.4 Å². The SMILES string of the molecule is COc1ccc(C)cc1-n1nnnc1SCC(=O)c1cc(C)n(-c2nccs2)c1C. The van der Waals surface area contributed by atoms with Crippen LogP contribution in [-0.4, -0.2) is 48.4 Å². The van der Waals surface area contributed by atoms with Crippen LogP contribution >= 0.6 is 23.1 Å². The van der Waals surface area contributed by atoms with E-state index in [4.69, 9.17) is 4.74 Å². The zero-order chi connectivity index (χ0) is 21.3. The molecule has 0 amide bonds. The third-order valence-electron chi connectivity index (χ3n) is 4.68. The lowest BCUT2D eigenvalue weighted by Gasteiger charge is -2.10. The fraction of sp³-hybridized carbons (Fsp3) is 0.250. The number of aromatic nitrogens is 6. The van der Waals surface area contributed by atoms with Crippen LogP contribution in [0.4, 0.5) is 0 Å². The van der Waals surface area contributed by atoms with Crippen LogP contribution in [0.15, 0.2) is 41.0 Å². The Hall–Kier alpha value is -2.98. The monoisotopic (exact) mass is 440 g/mol. The highest BCUT2D eigenvalue weighted by Gasteiger charge is 2.20. The average Bonchev–Trinajstić information content (AvgIpc) is 3.47. The van der Waals surface area contributed by atoms with E-state index in [1.54, 1.807) is 18.0 Å². The van der Waals surface area contributed by atoms with E-state index in [-0.39, 0.29) is 11.5 Å². The molecule has 0 aliphatic rings. The number of Topliss-reactive ketones (excluding diaryl/α,β-unsaturated/α-hetero) is 1. The minimum absolute atomic E-state index is 0.0154. The van der Waals surface area contributed by atoms with Gasteiger partial charge in [-0.25, -0.2) is 4.98 Å². The summed E-state index contributed by atoms with van der Waals surface area (Å²) in [7, 11) is 1.60. The number of benzene rings is 1. The van der Waals surface area contributed by atoms with E-state index in [1.807, 2.05) is 55.0 Å². The van der Waals surface area contributed by atoms with E-state index in [2.05, 4.69) is 20.5 Å². The van der Waals surface area contributed by atoms with Crippen LogP contribution in [0, 0.1) is 20.8 Å². The predicted molar refractivity (Wildman–Crippen MR) is 116 cm³/mol. The summed E-state index contributed by atoms with van der Waals surface area (Å²) in [4.78, 5) is 17.3. The molecule has 8 nitrogen and oxygen atoms in total. The number of aryl methyl sites for hydroxylation is 2. The van der Waals surface area contributed by atoms with E-state index < -0.39 is 0 Å². The molecule has 30 heavy (non-hydrogen) atoms. The molecular formula is C20H20N6O2S2. The fourth-order valence-corrected chi connectivity index (χ4v) is 4.78. The molecule has 0 fully saturated rings. The Balaban J connectivity index is 1.57. The van der Waals surface area contributed by atoms with Crippen molar-refractivity contribution in [3.8, 4) is 16.6 Å². The van der Waals surface area contributed by atoms with Crippen LogP contribution in [-0.2, 0) is 0 Å². The Morgan fingerprint density at radius 2 is 2.07 bits per heavy atom. The predicted octanol–water partition coefficient (Wildman–Crippen LogP) is 3.82. The number of hydrogen-bond acceptors (Lipinski definition) is 8. The van der Waals surface area contributed by atoms with Gasteiger partial charge in [-0.2, -0.15) is 4.68 Å². The van der Waals surface area contributed by atoms with Crippen LogP contribution in [0.25, 0.3) is 10.8 Å². The minimum atomic E-state index is 0.0154. The summed E-state index contributed by atoms with van der Waals surface area (Å²) in [5.74, 6) is 0.895. The van der Waals surface area contributed by atoms with Gasteiger partial charge in [-0.15, -0.1) is 16.4 Å². The van der Waals surface area contributed by atoms with Gasteiger partial charge in [0.2, 0.25) is 5.16 Å². The van der Waals surface area contributed by atoms with Crippen LogP contribution < -0.4 is 4.74 Å². The Morgan fingerprint density at radius 1 is 1.23 bits per heavy atom. The Kier molecular flexibility index (Phi) is 5.69. The number of methoxy groups -OCH3 is 1. The molecule has 4 rings (SSSR count). The normalized spacial score (nSPS) is 11.1. The standard InChI is InChI=1S/C20H20N6O2S2/c1-12-5-6-18(28-4)16(9-12)26-20(22-23-24-26)30-11-17(27)15-10-13(2)25(14(15)3)19-21-7-8-29-19/h5-10H,11H2,1-4H3. The molecule has 0 atom stereocenters. The number of rotatable bonds is 7. The molecule has 1 aromatic carbocycles. The van der Waals surface area contributed by atoms with E-state index in [0.717, 1.165) is 27.8 Å². The molecule has 0 spiro atoms. The first kappa shape index (κ1) is 20.3. The highest BCUT2D eigenvalue weighted by molar-refractivity contribution is 7.99. The molecule has 0 radical (unpaired) electrons. The molecule has 154 valence electrons. The number of tetrazole rings is 1. The molecule has 0 N–H and O–H groups in total. The third kappa shape index (κ3) is 3.75. The second-order valence-corrected chi connectivity index (χ2v) is 8.51. The Labute approximate surface area is 181 Å². The summed E-state index contributed by atoms with van der Waals surface area (Å²) in [6.07, 6.45) is 1.76. The summed E-state index contributed by atoms with van der Waals surface area (Å²) >= 11 is 2.84. The van der Waals surface area contributed by atoms with Crippen molar-refractivity contribution in [3.63, 3.8) is 0 Å². The maximum Gasteiger partial charge on any atom is 0.214 e. The first-order valence-corrected chi connectivity index (χ1v) is 11.0. The largest absolute Gasteiger partial charge is 0.494 e. The van der Waals surface area contributed by atoms with Crippen molar-refractivity contribution in [3.05, 3.63) is 58.4 Å². The van der Waals surface area contributed by atoms with Gasteiger partial charge < -0.3 is 4.74 Å². The number of nitrogens with zero attached hydrogens (tertiary/aromatic N) is 6. The quantitative estimate of drug-likeness (QED) is 0.319. The van der Waals surface area contributed by atoms with E-state index in [0.29, 0.717) is 16.5 Å². The highest BCUT2D eigenvalue weighted by atomic mass is 32.2. The Morgan fingerprint density at radius 3 is 2.80 bits per heavy atom. The highest BCUT2D eigenvalue weighted by Crippen LogP contribution is 2.28. The second-order valence-electron chi connectivity index (χ2n) is 6.70. The lowest BCUT2D eigenvalue weighted by molar-refractivity contribution is 0.102. The molecule has 0 unspecified atom stereocenters. The van der Waals surface area contributed by atoms with Gasteiger partial charge >= 0.3 is 0 Å². The number of ether oxygens (including phenoxy) is 1. The van der Waals surface area contributed by atoms with Gasteiger partial charge in [0.05, 0.1) is 12.9 Å². The first-order chi connectivity index (χ1) is 14.5. The van der Waals surface area contributed by atoms with E-state index in [9.17, 15) is 4.79 Å². The lowest BCUT2D eigenvalue weighted by atomic mass is 10.2. The van der Waals surface area contributed by atoms with Crippen LogP contribution in [0.1, 0.15) is 27.3 Å². The Bertz CT molecular complexity index is 1200. The summed E-state index contributed by atoms with van der Waals surface area (Å²) in [6, 6.07) is 7.69. The van der Waals surface area contributed by atoms with Crippen molar-refractivity contribution in [2.75, 3.05) is 12.9 Å². The van der Waals surface area contributed by atoms with Gasteiger partial charge in [-0.3, -0.25) is 9.36 Å². The van der Waals surface area contributed by atoms with Gasteiger partial charge in [0, 0.05) is 28.5 Å². The molecule has 0 aliphatic heterocycles. The fourth-order valence-electron chi connectivity index (χ4n) is 3.26. The smallest absolute Gasteiger partial charge is 0.214 e. The molecule has 0 aliphatic carbocycles. The van der Waals surface area contributed by atoms with Gasteiger partial charge in [-0.1, -0.05) is 17.8 Å². The van der Waals surface area contributed by atoms with E-state index >= 15 is 0 Å². The first-order valence-electron chi connectivity index (χ1n) is 9.17. The molecule has 10 heteroatoms. The molecule has 3 aromatic heterocycles. The minimum Gasteiger partial charge on any atom is -0.494 e. The molecule has 0 saturated carbocycles. The number of hydrogen-bond donors (Lipinski definition) is 0. The van der Waals surface area contributed by atoms with Crippen molar-refractivity contribution in [1.29, 1.82) is 0 Å². The molecule has 0 saturated heterocycles. The summed E-state index contributed by atoms with van der Waals surface area (Å²) in [5, 5.41) is 15.3. The van der Waals surface area contributed by atoms with Crippen molar-refractivity contribution < 1.29 is 9.53 Å². The lowest BCUT2D eigenvalue weighted by Crippen LogP contribution is -2.07. The van der Waals surface area contributed by atoms with Gasteiger partial charge in [-0.05, 0) is 55.0 Å². The summed E-state index contributed by atoms with van der Waals surface area (Å²) in [5.41, 5.74) is 4.34. The van der Waals surface area contributed by atoms with Gasteiger partial charge in [0.15, 0.2) is 10.9 Å². The van der Waals surface area contributed by atoms with Gasteiger partial charge in [0.25, 0.3) is 0 Å². The topological polar surface area (TPSA) is 87.7 Å². The maximum absolute atomic E-state index is 13.0. The zero-order valence-corrected chi connectivity index (χ0v) is 18.6. The second kappa shape index (κ2) is 8.41. The number of thiazole rings is 1. The third-order valence-corrected chi connectivity index (χ3v) is 6.35. The number of thioether (sulfide) groups is 1. The van der Waals surface area contributed by atoms with E-state index in [1.165, 1.54) is 23.1 Å². The zero-order valence-electron chi connectivity index (χ0n) is 17.0. The summed E-state index contributed by atoms with van der Waals surface area (Å²) in [6.45, 7) is 5.90. The number of carbonyl (C=O) groups is 1. The molecule has 0 bridgehead atoms.